The van der Waals surface area contributed by atoms with Gasteiger partial charge in [0.25, 0.3) is 10.0 Å². The van der Waals surface area contributed by atoms with E-state index in [-0.39, 0.29) is 10.7 Å². The van der Waals surface area contributed by atoms with E-state index in [9.17, 15) is 12.8 Å². The number of nitrogens with one attached hydrogen (secondary N) is 2. The molecule has 2 rings (SSSR count). The maximum Gasteiger partial charge on any atom is 0.281 e. The molecule has 2 N–H and O–H groups in total. The van der Waals surface area contributed by atoms with Gasteiger partial charge in [0.1, 0.15) is 17.3 Å². The van der Waals surface area contributed by atoms with Crippen molar-refractivity contribution in [3.8, 4) is 0 Å². The number of hydrogen-bond donors (Lipinski definition) is 2. The maximum atomic E-state index is 14.0. The number of aromatic nitrogens is 2. The first-order valence-corrected chi connectivity index (χ1v) is 8.38. The molecule has 0 radical (unpaired) electrons. The molecule has 0 saturated carbocycles. The minimum absolute atomic E-state index is 0.0979. The van der Waals surface area contributed by atoms with Crippen molar-refractivity contribution in [2.75, 3.05) is 16.6 Å². The molecule has 0 amide bonds. The minimum atomic E-state index is -3.95. The highest BCUT2D eigenvalue weighted by Gasteiger charge is 2.21. The molecule has 0 atom stereocenters. The first-order valence-electron chi connectivity index (χ1n) is 6.90. The number of halogens is 1. The summed E-state index contributed by atoms with van der Waals surface area (Å²) in [6.45, 7) is 4.27. The Morgan fingerprint density at radius 2 is 2.09 bits per heavy atom. The van der Waals surface area contributed by atoms with Crippen molar-refractivity contribution in [2.24, 2.45) is 7.05 Å². The Balaban J connectivity index is 2.37. The van der Waals surface area contributed by atoms with E-state index in [2.05, 4.69) is 15.0 Å². The highest BCUT2D eigenvalue weighted by atomic mass is 32.2. The normalized spacial score (nSPS) is 11.5. The van der Waals surface area contributed by atoms with Crippen LogP contribution in [0.2, 0.25) is 0 Å². The summed E-state index contributed by atoms with van der Waals surface area (Å²) in [6.07, 6.45) is 2.22. The van der Waals surface area contributed by atoms with E-state index in [0.29, 0.717) is 18.1 Å². The lowest BCUT2D eigenvalue weighted by Crippen LogP contribution is -2.16. The molecule has 120 valence electrons. The van der Waals surface area contributed by atoms with Gasteiger partial charge in [-0.2, -0.15) is 8.42 Å². The van der Waals surface area contributed by atoms with Crippen LogP contribution in [0.5, 0.6) is 0 Å². The van der Waals surface area contributed by atoms with E-state index in [1.165, 1.54) is 18.3 Å². The van der Waals surface area contributed by atoms with E-state index in [4.69, 9.17) is 0 Å². The molecule has 0 aliphatic rings. The molecule has 0 bridgehead atoms. The van der Waals surface area contributed by atoms with Crippen molar-refractivity contribution < 1.29 is 12.8 Å². The minimum Gasteiger partial charge on any atom is -0.383 e. The third-order valence-corrected chi connectivity index (χ3v) is 4.40. The number of anilines is 2. The molecule has 0 aliphatic carbocycles. The third-order valence-electron chi connectivity index (χ3n) is 3.18. The molecule has 2 aromatic rings. The van der Waals surface area contributed by atoms with Gasteiger partial charge in [0.15, 0.2) is 5.03 Å². The monoisotopic (exact) mass is 326 g/mol. The maximum absolute atomic E-state index is 14.0. The Labute approximate surface area is 129 Å². The van der Waals surface area contributed by atoms with Crippen molar-refractivity contribution >= 4 is 21.4 Å². The summed E-state index contributed by atoms with van der Waals surface area (Å²) in [4.78, 5) is 3.97. The van der Waals surface area contributed by atoms with Crippen LogP contribution >= 0.6 is 0 Å². The number of benzene rings is 1. The van der Waals surface area contributed by atoms with Crippen molar-refractivity contribution in [3.63, 3.8) is 0 Å². The zero-order chi connectivity index (χ0) is 16.3. The van der Waals surface area contributed by atoms with Crippen LogP contribution in [-0.2, 0) is 17.1 Å². The van der Waals surface area contributed by atoms with Crippen LogP contribution in [0.3, 0.4) is 0 Å². The number of nitrogens with zero attached hydrogens (tertiary/aromatic N) is 2. The van der Waals surface area contributed by atoms with E-state index < -0.39 is 15.8 Å². The Kier molecular flexibility index (Phi) is 4.70. The van der Waals surface area contributed by atoms with Crippen LogP contribution in [0, 0.1) is 12.7 Å². The second kappa shape index (κ2) is 6.35. The van der Waals surface area contributed by atoms with Gasteiger partial charge >= 0.3 is 0 Å². The second-order valence-electron chi connectivity index (χ2n) is 4.93. The molecule has 22 heavy (non-hydrogen) atoms. The summed E-state index contributed by atoms with van der Waals surface area (Å²) in [7, 11) is -2.25. The first-order chi connectivity index (χ1) is 10.3. The topological polar surface area (TPSA) is 76.0 Å². The molecule has 0 saturated heterocycles. The molecule has 0 aliphatic heterocycles. The summed E-state index contributed by atoms with van der Waals surface area (Å²) >= 11 is 0. The smallest absolute Gasteiger partial charge is 0.281 e. The average Bonchev–Trinajstić information content (AvgIpc) is 2.80. The van der Waals surface area contributed by atoms with Crippen LogP contribution in [0.4, 0.5) is 15.8 Å². The van der Waals surface area contributed by atoms with Crippen molar-refractivity contribution in [1.29, 1.82) is 0 Å². The molecule has 0 fully saturated rings. The largest absolute Gasteiger partial charge is 0.383 e. The summed E-state index contributed by atoms with van der Waals surface area (Å²) in [5.41, 5.74) is 0.303. The zero-order valence-corrected chi connectivity index (χ0v) is 13.5. The lowest BCUT2D eigenvalue weighted by atomic mass is 10.2. The lowest BCUT2D eigenvalue weighted by molar-refractivity contribution is 0.595. The molecular formula is C14H19FN4O2S. The number of hydrogen-bond acceptors (Lipinski definition) is 4. The Morgan fingerprint density at radius 1 is 1.36 bits per heavy atom. The Morgan fingerprint density at radius 3 is 2.68 bits per heavy atom. The molecule has 1 heterocycles. The predicted molar refractivity (Wildman–Crippen MR) is 83.9 cm³/mol. The van der Waals surface area contributed by atoms with E-state index in [1.54, 1.807) is 24.6 Å². The predicted octanol–water partition coefficient (Wildman–Crippen LogP) is 2.49. The third kappa shape index (κ3) is 3.38. The molecule has 6 nitrogen and oxygen atoms in total. The fourth-order valence-corrected chi connectivity index (χ4v) is 3.01. The van der Waals surface area contributed by atoms with Gasteiger partial charge in [-0.05, 0) is 25.5 Å². The summed E-state index contributed by atoms with van der Waals surface area (Å²) in [5, 5.41) is 2.86. The number of para-hydroxylation sites is 1. The van der Waals surface area contributed by atoms with Crippen LogP contribution < -0.4 is 10.0 Å². The first kappa shape index (κ1) is 16.3. The molecule has 1 aromatic heterocycles. The van der Waals surface area contributed by atoms with Gasteiger partial charge in [-0.3, -0.25) is 4.72 Å². The Hall–Kier alpha value is -2.09. The molecule has 8 heteroatoms. The van der Waals surface area contributed by atoms with Gasteiger partial charge in [-0.25, -0.2) is 9.37 Å². The molecular weight excluding hydrogens is 307 g/mol. The second-order valence-corrected chi connectivity index (χ2v) is 6.56. The highest BCUT2D eigenvalue weighted by molar-refractivity contribution is 7.92. The number of aryl methyl sites for hydroxylation is 2. The zero-order valence-electron chi connectivity index (χ0n) is 12.7. The number of rotatable bonds is 6. The van der Waals surface area contributed by atoms with Crippen molar-refractivity contribution in [3.05, 3.63) is 36.0 Å². The summed E-state index contributed by atoms with van der Waals surface area (Å²) in [5.74, 6) is -0.0874. The van der Waals surface area contributed by atoms with Gasteiger partial charge in [-0.15, -0.1) is 0 Å². The van der Waals surface area contributed by atoms with Gasteiger partial charge < -0.3 is 9.88 Å². The Bertz CT molecular complexity index is 752. The van der Waals surface area contributed by atoms with E-state index in [1.807, 2.05) is 6.92 Å². The molecule has 0 unspecified atom stereocenters. The van der Waals surface area contributed by atoms with E-state index >= 15 is 0 Å². The van der Waals surface area contributed by atoms with Crippen molar-refractivity contribution in [1.82, 2.24) is 9.55 Å². The summed E-state index contributed by atoms with van der Waals surface area (Å²) in [6, 6.07) is 4.36. The van der Waals surface area contributed by atoms with Gasteiger partial charge in [-0.1, -0.05) is 13.0 Å². The standard InChI is InChI=1S/C14H19FN4O2S/c1-4-8-16-12-7-5-6-11(15)14(12)18-22(20,21)13-9-19(3)10(2)17-13/h5-7,9,16,18H,4,8H2,1-3H3. The summed E-state index contributed by atoms with van der Waals surface area (Å²) < 4.78 is 42.6. The van der Waals surface area contributed by atoms with Crippen molar-refractivity contribution in [2.45, 2.75) is 25.3 Å². The van der Waals surface area contributed by atoms with E-state index in [0.717, 1.165) is 6.42 Å². The van der Waals surface area contributed by atoms with Crippen LogP contribution in [0.15, 0.2) is 29.4 Å². The van der Waals surface area contributed by atoms with Crippen LogP contribution in [0.1, 0.15) is 19.2 Å². The van der Waals surface area contributed by atoms with Gasteiger partial charge in [0.2, 0.25) is 0 Å². The molecule has 1 aromatic carbocycles. The lowest BCUT2D eigenvalue weighted by Gasteiger charge is -2.13. The van der Waals surface area contributed by atoms with Crippen LogP contribution in [0.25, 0.3) is 0 Å². The molecule has 0 spiro atoms. The van der Waals surface area contributed by atoms with Gasteiger partial charge in [0.05, 0.1) is 5.69 Å². The van der Waals surface area contributed by atoms with Crippen LogP contribution in [-0.4, -0.2) is 24.5 Å². The highest BCUT2D eigenvalue weighted by Crippen LogP contribution is 2.27. The van der Waals surface area contributed by atoms with Gasteiger partial charge in [0, 0.05) is 19.8 Å². The fourth-order valence-electron chi connectivity index (χ4n) is 1.88. The number of imidazole rings is 1. The quantitative estimate of drug-likeness (QED) is 0.855. The fraction of sp³-hybridized carbons (Fsp3) is 0.357. The number of sulfonamides is 1. The average molecular weight is 326 g/mol. The SMILES string of the molecule is CCCNc1cccc(F)c1NS(=O)(=O)c1cn(C)c(C)n1.